The number of aliphatic hydroxyl groups excluding tert-OH is 3. The molecule has 26 heavy (non-hydrogen) atoms. The molecular formula is C18H21F2N3O3. The van der Waals surface area contributed by atoms with Crippen LogP contribution in [0.5, 0.6) is 0 Å². The van der Waals surface area contributed by atoms with Crippen LogP contribution in [0, 0.1) is 17.6 Å². The van der Waals surface area contributed by atoms with Gasteiger partial charge in [-0.25, -0.2) is 13.8 Å². The van der Waals surface area contributed by atoms with Gasteiger partial charge in [0.2, 0.25) is 0 Å². The van der Waals surface area contributed by atoms with Crippen LogP contribution in [0.25, 0.3) is 0 Å². The lowest BCUT2D eigenvalue weighted by atomic mass is 9.92. The van der Waals surface area contributed by atoms with Gasteiger partial charge in [-0.05, 0) is 36.2 Å². The van der Waals surface area contributed by atoms with E-state index >= 15 is 0 Å². The Balaban J connectivity index is 1.81. The quantitative estimate of drug-likeness (QED) is 0.650. The Bertz CT molecular complexity index is 792. The Morgan fingerprint density at radius 2 is 1.88 bits per heavy atom. The number of nitrogens with two attached hydrogens (primary N) is 1. The highest BCUT2D eigenvalue weighted by atomic mass is 19.2. The van der Waals surface area contributed by atoms with Gasteiger partial charge in [-0.3, -0.25) is 0 Å². The van der Waals surface area contributed by atoms with E-state index in [0.717, 1.165) is 12.1 Å². The molecule has 5 N–H and O–H groups in total. The second-order valence-electron chi connectivity index (χ2n) is 6.60. The van der Waals surface area contributed by atoms with Crippen molar-refractivity contribution in [3.8, 4) is 0 Å². The van der Waals surface area contributed by atoms with E-state index in [9.17, 15) is 24.1 Å². The van der Waals surface area contributed by atoms with E-state index in [1.54, 1.807) is 30.1 Å². The molecule has 0 aliphatic heterocycles. The molecule has 0 saturated heterocycles. The Hall–Kier alpha value is -2.29. The Morgan fingerprint density at radius 3 is 2.54 bits per heavy atom. The maximum atomic E-state index is 13.4. The molecule has 0 amide bonds. The van der Waals surface area contributed by atoms with Gasteiger partial charge in [0.15, 0.2) is 11.6 Å². The summed E-state index contributed by atoms with van der Waals surface area (Å²) in [5, 5.41) is 31.3. The summed E-state index contributed by atoms with van der Waals surface area (Å²) in [6.45, 7) is 0. The molecule has 3 unspecified atom stereocenters. The maximum absolute atomic E-state index is 13.4. The number of aromatic nitrogens is 1. The lowest BCUT2D eigenvalue weighted by Gasteiger charge is -2.28. The Kier molecular flexibility index (Phi) is 5.08. The van der Waals surface area contributed by atoms with E-state index in [1.807, 2.05) is 0 Å². The lowest BCUT2D eigenvalue weighted by molar-refractivity contribution is -0.0232. The summed E-state index contributed by atoms with van der Waals surface area (Å²) in [6.07, 6.45) is -3.39. The van der Waals surface area contributed by atoms with Crippen LogP contribution in [0.3, 0.4) is 0 Å². The molecule has 1 heterocycles. The van der Waals surface area contributed by atoms with Gasteiger partial charge < -0.3 is 26.0 Å². The number of anilines is 2. The van der Waals surface area contributed by atoms with Gasteiger partial charge in [-0.1, -0.05) is 12.1 Å². The third kappa shape index (κ3) is 3.35. The van der Waals surface area contributed by atoms with Crippen LogP contribution in [0.2, 0.25) is 0 Å². The second kappa shape index (κ2) is 7.14. The van der Waals surface area contributed by atoms with Gasteiger partial charge in [-0.15, -0.1) is 0 Å². The number of nitrogen functional groups attached to an aromatic ring is 1. The molecule has 2 aromatic rings. The van der Waals surface area contributed by atoms with Crippen molar-refractivity contribution in [2.75, 3.05) is 17.7 Å². The number of nitrogens with zero attached hydrogens (tertiary/aromatic N) is 2. The van der Waals surface area contributed by atoms with Crippen LogP contribution in [-0.2, 0) is 0 Å². The van der Waals surface area contributed by atoms with Crippen LogP contribution in [0.1, 0.15) is 18.1 Å². The average Bonchev–Trinajstić information content (AvgIpc) is 2.91. The van der Waals surface area contributed by atoms with E-state index in [2.05, 4.69) is 4.98 Å². The summed E-state index contributed by atoms with van der Waals surface area (Å²) >= 11 is 0. The molecule has 3 rings (SSSR count). The van der Waals surface area contributed by atoms with Gasteiger partial charge in [0.25, 0.3) is 0 Å². The van der Waals surface area contributed by atoms with Crippen LogP contribution in [-0.4, -0.2) is 45.6 Å². The molecular weight excluding hydrogens is 344 g/mol. The summed E-state index contributed by atoms with van der Waals surface area (Å²) in [5.74, 6) is -2.00. The number of halogens is 2. The summed E-state index contributed by atoms with van der Waals surface area (Å²) in [5.41, 5.74) is 5.82. The molecule has 5 atom stereocenters. The minimum absolute atomic E-state index is 0.144. The lowest BCUT2D eigenvalue weighted by Crippen LogP contribution is -2.41. The van der Waals surface area contributed by atoms with Gasteiger partial charge in [-0.2, -0.15) is 0 Å². The van der Waals surface area contributed by atoms with Crippen molar-refractivity contribution < 1.29 is 24.1 Å². The van der Waals surface area contributed by atoms with Gasteiger partial charge in [0, 0.05) is 13.0 Å². The number of rotatable bonds is 4. The van der Waals surface area contributed by atoms with Crippen molar-refractivity contribution in [1.82, 2.24) is 4.98 Å². The monoisotopic (exact) mass is 365 g/mol. The molecule has 1 aliphatic rings. The van der Waals surface area contributed by atoms with Gasteiger partial charge >= 0.3 is 0 Å². The van der Waals surface area contributed by atoms with Gasteiger partial charge in [0.05, 0.1) is 18.2 Å². The first-order valence-corrected chi connectivity index (χ1v) is 8.24. The molecule has 1 aromatic heterocycles. The van der Waals surface area contributed by atoms with E-state index in [4.69, 9.17) is 5.73 Å². The predicted molar refractivity (Wildman–Crippen MR) is 92.3 cm³/mol. The Labute approximate surface area is 149 Å². The van der Waals surface area contributed by atoms with Crippen molar-refractivity contribution in [1.29, 1.82) is 0 Å². The third-order valence-corrected chi connectivity index (χ3v) is 5.00. The normalized spacial score (nSPS) is 26.7. The topological polar surface area (TPSA) is 103 Å². The maximum Gasteiger partial charge on any atom is 0.159 e. The fourth-order valence-corrected chi connectivity index (χ4v) is 3.49. The number of pyridine rings is 1. The standard InChI is InChI=1S/C18H21F2N3O3/c1-23(15-4-2-3-14(21)22-15)13-8-10(17(25)18(13)26)16(24)9-5-6-11(19)12(20)7-9/h2-7,10,13,16-18,24-26H,8H2,1H3,(H2,21,22)/t10?,13?,16?,17-,18+/m1/s1. The minimum atomic E-state index is -1.25. The van der Waals surface area contributed by atoms with E-state index in [0.29, 0.717) is 11.6 Å². The second-order valence-corrected chi connectivity index (χ2v) is 6.60. The molecule has 1 saturated carbocycles. The van der Waals surface area contributed by atoms with E-state index < -0.39 is 41.9 Å². The van der Waals surface area contributed by atoms with Crippen molar-refractivity contribution in [2.24, 2.45) is 5.92 Å². The molecule has 8 heteroatoms. The minimum Gasteiger partial charge on any atom is -0.390 e. The number of benzene rings is 1. The SMILES string of the molecule is CN(c1cccc(N)n1)C1CC(C(O)c2ccc(F)c(F)c2)[C@@H](O)[C@H]1O. The average molecular weight is 365 g/mol. The largest absolute Gasteiger partial charge is 0.390 e. The molecule has 0 radical (unpaired) electrons. The highest BCUT2D eigenvalue weighted by Gasteiger charge is 2.46. The first-order valence-electron chi connectivity index (χ1n) is 8.24. The molecule has 1 aliphatic carbocycles. The zero-order valence-corrected chi connectivity index (χ0v) is 14.1. The van der Waals surface area contributed by atoms with Crippen LogP contribution >= 0.6 is 0 Å². The first-order chi connectivity index (χ1) is 12.3. The molecule has 0 spiro atoms. The summed E-state index contributed by atoms with van der Waals surface area (Å²) in [4.78, 5) is 5.87. The number of likely N-dealkylation sites (N-methyl/N-ethyl adjacent to an activating group) is 1. The van der Waals surface area contributed by atoms with E-state index in [1.165, 1.54) is 6.07 Å². The summed E-state index contributed by atoms with van der Waals surface area (Å²) < 4.78 is 26.5. The summed E-state index contributed by atoms with van der Waals surface area (Å²) in [7, 11) is 1.70. The zero-order valence-electron chi connectivity index (χ0n) is 14.1. The summed E-state index contributed by atoms with van der Waals surface area (Å²) in [6, 6.07) is 7.63. The third-order valence-electron chi connectivity index (χ3n) is 5.00. The molecule has 1 aromatic carbocycles. The predicted octanol–water partition coefficient (Wildman–Crippen LogP) is 1.22. The molecule has 6 nitrogen and oxygen atoms in total. The highest BCUT2D eigenvalue weighted by molar-refractivity contribution is 5.45. The van der Waals surface area contributed by atoms with Crippen molar-refractivity contribution in [3.05, 3.63) is 53.6 Å². The van der Waals surface area contributed by atoms with Crippen LogP contribution in [0.15, 0.2) is 36.4 Å². The Morgan fingerprint density at radius 1 is 1.15 bits per heavy atom. The fourth-order valence-electron chi connectivity index (χ4n) is 3.49. The van der Waals surface area contributed by atoms with Crippen molar-refractivity contribution in [3.63, 3.8) is 0 Å². The fraction of sp³-hybridized carbons (Fsp3) is 0.389. The highest BCUT2D eigenvalue weighted by Crippen LogP contribution is 2.39. The number of aliphatic hydroxyl groups is 3. The molecule has 0 bridgehead atoms. The first kappa shape index (κ1) is 18.5. The zero-order chi connectivity index (χ0) is 19.0. The van der Waals surface area contributed by atoms with Crippen molar-refractivity contribution >= 4 is 11.6 Å². The van der Waals surface area contributed by atoms with Crippen molar-refractivity contribution in [2.45, 2.75) is 30.8 Å². The van der Waals surface area contributed by atoms with Gasteiger partial charge in [0.1, 0.15) is 17.7 Å². The number of hydrogen-bond donors (Lipinski definition) is 4. The molecule has 1 fully saturated rings. The van der Waals surface area contributed by atoms with Crippen LogP contribution in [0.4, 0.5) is 20.4 Å². The van der Waals surface area contributed by atoms with E-state index in [-0.39, 0.29) is 12.0 Å². The number of hydrogen-bond acceptors (Lipinski definition) is 6. The smallest absolute Gasteiger partial charge is 0.159 e. The molecule has 140 valence electrons. The van der Waals surface area contributed by atoms with Crippen LogP contribution < -0.4 is 10.6 Å².